The van der Waals surface area contributed by atoms with Crippen molar-refractivity contribution in [2.45, 2.75) is 33.4 Å². The summed E-state index contributed by atoms with van der Waals surface area (Å²) in [5.41, 5.74) is 0.591. The smallest absolute Gasteiger partial charge is 0.301 e. The van der Waals surface area contributed by atoms with Gasteiger partial charge in [-0.2, -0.15) is 42.4 Å². The van der Waals surface area contributed by atoms with E-state index in [1.54, 1.807) is 0 Å². The predicted molar refractivity (Wildman–Crippen MR) is 240 cm³/mol. The van der Waals surface area contributed by atoms with Crippen LogP contribution in [-0.4, -0.2) is 104 Å². The van der Waals surface area contributed by atoms with Crippen LogP contribution >= 0.6 is 24.4 Å². The number of sulfone groups is 2. The Bertz CT molecular complexity index is 3240. The number of benzene rings is 4. The predicted octanol–water partition coefficient (Wildman–Crippen LogP) is 6.96. The fraction of sp³-hybridized carbons (Fsp3) is 0.167. The Kier molecular flexibility index (Phi) is 17.5. The standard InChI is InChI=1S/C36H34N8O19S6/c1-21-33(35(45)43(41-21)26-7-11-28(12-8-26)68(53,54)18-16-59-66(49)50)39-37-23-3-13-29(31(19-23)64-62-60-47)30-14-4-24(20-32(30)69(55,56)57)38-40-34-22(2)42-44(36(34)46)25-5-9-27(10-6-25)67(51,52)17-15-58-65-63-61-48/h3-14,19-20,45-48H,15-18H2,1-2H3,(H,49,50)(H,55,56,57)/b39-37+,40-38+. The van der Waals surface area contributed by atoms with Crippen molar-refractivity contribution in [3.8, 4) is 34.3 Å². The molecule has 33 heteroatoms. The highest BCUT2D eigenvalue weighted by atomic mass is 32.2. The second-order valence-corrected chi connectivity index (χ2v) is 21.0. The molecule has 0 spiro atoms. The van der Waals surface area contributed by atoms with Crippen LogP contribution in [-0.2, 0) is 68.3 Å². The fourth-order valence-corrected chi connectivity index (χ4v) is 10.1. The summed E-state index contributed by atoms with van der Waals surface area (Å²) >= 11 is -1.99. The summed E-state index contributed by atoms with van der Waals surface area (Å²) in [5.74, 6) is -2.00. The maximum absolute atomic E-state index is 12.8. The molecule has 0 saturated carbocycles. The monoisotopic (exact) mass is 1070 g/mol. The van der Waals surface area contributed by atoms with Gasteiger partial charge in [-0.3, -0.25) is 17.5 Å². The zero-order valence-electron chi connectivity index (χ0n) is 34.9. The zero-order chi connectivity index (χ0) is 50.1. The highest BCUT2D eigenvalue weighted by Gasteiger charge is 2.24. The summed E-state index contributed by atoms with van der Waals surface area (Å²) in [6.45, 7) is 2.18. The molecule has 368 valence electrons. The van der Waals surface area contributed by atoms with Gasteiger partial charge in [-0.15, -0.1) is 18.9 Å². The SMILES string of the molecule is Cc1nn(-c2ccc(S(=O)(=O)CCOS(=O)O)cc2)c(O)c1/N=N/c1ccc(-c2ccc(/N=N/c3c(C)nn(-c4ccc(S(=O)(=O)CCOSOOO)cc4)c3O)cc2S(=O)(=O)O)c(SOOO)c1. The van der Waals surface area contributed by atoms with Gasteiger partial charge in [0, 0.05) is 10.5 Å². The summed E-state index contributed by atoms with van der Waals surface area (Å²) in [4.78, 5) is -0.792. The molecule has 6 N–H and O–H groups in total. The lowest BCUT2D eigenvalue weighted by Gasteiger charge is -2.12. The van der Waals surface area contributed by atoms with Gasteiger partial charge in [-0.25, -0.2) is 27.4 Å². The molecule has 0 fully saturated rings. The second-order valence-electron chi connectivity index (χ2n) is 13.5. The van der Waals surface area contributed by atoms with Gasteiger partial charge in [0.2, 0.25) is 11.8 Å². The van der Waals surface area contributed by atoms with Crippen molar-refractivity contribution in [1.29, 1.82) is 0 Å². The van der Waals surface area contributed by atoms with Crippen LogP contribution in [0.5, 0.6) is 11.8 Å². The van der Waals surface area contributed by atoms with E-state index in [9.17, 15) is 44.2 Å². The van der Waals surface area contributed by atoms with E-state index in [4.69, 9.17) is 19.3 Å². The van der Waals surface area contributed by atoms with Crippen molar-refractivity contribution in [3.05, 3.63) is 96.3 Å². The van der Waals surface area contributed by atoms with E-state index in [1.807, 2.05) is 0 Å². The number of nitrogens with zero attached hydrogens (tertiary/aromatic N) is 8. The van der Waals surface area contributed by atoms with Gasteiger partial charge in [-0.1, -0.05) is 22.2 Å². The van der Waals surface area contributed by atoms with Crippen LogP contribution in [0.15, 0.2) is 125 Å². The summed E-state index contributed by atoms with van der Waals surface area (Å²) in [7, 11) is -12.7. The van der Waals surface area contributed by atoms with Crippen molar-refractivity contribution in [1.82, 2.24) is 19.6 Å². The molecule has 27 nitrogen and oxygen atoms in total. The maximum atomic E-state index is 12.8. The van der Waals surface area contributed by atoms with Crippen LogP contribution < -0.4 is 0 Å². The number of azo groups is 2. The van der Waals surface area contributed by atoms with Crippen LogP contribution in [0.3, 0.4) is 0 Å². The summed E-state index contributed by atoms with van der Waals surface area (Å²) in [6.07, 6.45) is 0. The van der Waals surface area contributed by atoms with E-state index in [0.717, 1.165) is 15.4 Å². The van der Waals surface area contributed by atoms with Gasteiger partial charge in [0.25, 0.3) is 10.1 Å². The summed E-state index contributed by atoms with van der Waals surface area (Å²) in [6, 6.07) is 18.2. The van der Waals surface area contributed by atoms with E-state index < -0.39 is 75.9 Å². The lowest BCUT2D eigenvalue weighted by Crippen LogP contribution is -2.13. The molecule has 1 atom stereocenters. The van der Waals surface area contributed by atoms with E-state index in [0.29, 0.717) is 12.0 Å². The van der Waals surface area contributed by atoms with Crippen LogP contribution in [0, 0.1) is 13.8 Å². The first-order valence-corrected chi connectivity index (χ1v) is 25.9. The van der Waals surface area contributed by atoms with Crippen molar-refractivity contribution in [3.63, 3.8) is 0 Å². The number of aromatic nitrogens is 4. The topological polar surface area (TPSA) is 381 Å². The van der Waals surface area contributed by atoms with Gasteiger partial charge in [0.05, 0.1) is 80.7 Å². The minimum Gasteiger partial charge on any atom is -0.492 e. The number of rotatable bonds is 23. The molecule has 2 aromatic heterocycles. The third kappa shape index (κ3) is 13.2. The molecule has 6 rings (SSSR count). The van der Waals surface area contributed by atoms with Gasteiger partial charge in [0.15, 0.2) is 43.4 Å². The first kappa shape index (κ1) is 52.8. The molecule has 0 aliphatic rings. The quantitative estimate of drug-likeness (QED) is 0.00718. The van der Waals surface area contributed by atoms with E-state index >= 15 is 0 Å². The molecule has 0 bridgehead atoms. The number of aryl methyl sites for hydroxylation is 2. The Balaban J connectivity index is 1.23. The van der Waals surface area contributed by atoms with E-state index in [1.165, 1.54) is 92.7 Å². The molecule has 0 saturated heterocycles. The molecule has 4 aromatic carbocycles. The minimum absolute atomic E-state index is 0.0641. The third-order valence-corrected chi connectivity index (χ3v) is 14.8. The molecule has 0 aliphatic heterocycles. The van der Waals surface area contributed by atoms with Crippen molar-refractivity contribution < 1.29 is 86.4 Å². The van der Waals surface area contributed by atoms with Gasteiger partial charge in [0.1, 0.15) is 4.90 Å². The van der Waals surface area contributed by atoms with E-state index in [-0.39, 0.29) is 90.3 Å². The highest BCUT2D eigenvalue weighted by molar-refractivity contribution is 7.94. The Morgan fingerprint density at radius 1 is 0.652 bits per heavy atom. The van der Waals surface area contributed by atoms with Gasteiger partial charge in [-0.05, 0) is 92.2 Å². The average Bonchev–Trinajstić information content (AvgIpc) is 3.76. The van der Waals surface area contributed by atoms with Gasteiger partial charge >= 0.3 is 11.4 Å². The summed E-state index contributed by atoms with van der Waals surface area (Å²) in [5, 5.41) is 71.0. The van der Waals surface area contributed by atoms with Gasteiger partial charge < -0.3 is 10.2 Å². The second kappa shape index (κ2) is 22.9. The van der Waals surface area contributed by atoms with Crippen LogP contribution in [0.2, 0.25) is 0 Å². The number of aromatic hydroxyl groups is 2. The van der Waals surface area contributed by atoms with Crippen LogP contribution in [0.1, 0.15) is 11.4 Å². The number of hydrogen-bond acceptors (Lipinski definition) is 25. The Labute approximate surface area is 401 Å². The minimum atomic E-state index is -5.00. The maximum Gasteiger partial charge on any atom is 0.301 e. The van der Waals surface area contributed by atoms with Crippen LogP contribution in [0.25, 0.3) is 22.5 Å². The fourth-order valence-electron chi connectivity index (χ4n) is 6.00. The molecule has 6 aromatic rings. The molecule has 0 radical (unpaired) electrons. The Morgan fingerprint density at radius 3 is 1.61 bits per heavy atom. The average molecular weight is 1080 g/mol. The normalized spacial score (nSPS) is 13.0. The van der Waals surface area contributed by atoms with Crippen molar-refractivity contribution >= 4 is 88.3 Å². The van der Waals surface area contributed by atoms with E-state index in [2.05, 4.69) is 53.6 Å². The highest BCUT2D eigenvalue weighted by Crippen LogP contribution is 2.41. The molecule has 2 heterocycles. The summed E-state index contributed by atoms with van der Waals surface area (Å²) < 4.78 is 126. The molecule has 0 aliphatic carbocycles. The Hall–Kier alpha value is -5.60. The first-order chi connectivity index (χ1) is 32.7. The van der Waals surface area contributed by atoms with Crippen molar-refractivity contribution in [2.75, 3.05) is 24.7 Å². The zero-order valence-corrected chi connectivity index (χ0v) is 39.8. The lowest BCUT2D eigenvalue weighted by atomic mass is 10.0. The number of hydrogen-bond donors (Lipinski definition) is 6. The molecule has 69 heavy (non-hydrogen) atoms. The largest absolute Gasteiger partial charge is 0.492 e. The lowest BCUT2D eigenvalue weighted by molar-refractivity contribution is -0.434. The third-order valence-electron chi connectivity index (χ3n) is 9.15. The molecular formula is C36H34N8O19S6. The van der Waals surface area contributed by atoms with Crippen molar-refractivity contribution in [2.24, 2.45) is 20.5 Å². The first-order valence-electron chi connectivity index (χ1n) is 18.7. The van der Waals surface area contributed by atoms with Crippen LogP contribution in [0.4, 0.5) is 22.7 Å². The Morgan fingerprint density at radius 2 is 1.13 bits per heavy atom. The molecule has 1 unspecified atom stereocenters. The molecular weight excluding hydrogens is 1040 g/mol. The molecule has 0 amide bonds.